The van der Waals surface area contributed by atoms with E-state index in [-0.39, 0.29) is 12.3 Å². The molecule has 0 spiro atoms. The summed E-state index contributed by atoms with van der Waals surface area (Å²) >= 11 is 0. The van der Waals surface area contributed by atoms with E-state index in [4.69, 9.17) is 16.6 Å². The van der Waals surface area contributed by atoms with Crippen molar-refractivity contribution in [1.82, 2.24) is 9.55 Å². The molecule has 0 aliphatic heterocycles. The van der Waals surface area contributed by atoms with Crippen LogP contribution in [0.4, 0.5) is 0 Å². The number of carboxylic acids is 1. The van der Waals surface area contributed by atoms with E-state index < -0.39 is 18.1 Å². The molecule has 1 heterocycles. The minimum Gasteiger partial charge on any atom is -0.480 e. The summed E-state index contributed by atoms with van der Waals surface area (Å²) in [6, 6.07) is -1.65. The Labute approximate surface area is 92.1 Å². The molecule has 0 aromatic carbocycles. The highest BCUT2D eigenvalue weighted by Crippen LogP contribution is 2.01. The van der Waals surface area contributed by atoms with E-state index in [2.05, 4.69) is 4.98 Å². The lowest BCUT2D eigenvalue weighted by Gasteiger charge is -2.04. The van der Waals surface area contributed by atoms with Crippen LogP contribution in [0.3, 0.4) is 0 Å². The van der Waals surface area contributed by atoms with Crippen molar-refractivity contribution < 1.29 is 14.7 Å². The van der Waals surface area contributed by atoms with E-state index >= 15 is 0 Å². The van der Waals surface area contributed by atoms with Gasteiger partial charge < -0.3 is 16.6 Å². The third-order valence-corrected chi connectivity index (χ3v) is 2.03. The van der Waals surface area contributed by atoms with Gasteiger partial charge in [-0.3, -0.25) is 14.2 Å². The highest BCUT2D eigenvalue weighted by molar-refractivity contribution is 5.83. The largest absolute Gasteiger partial charge is 0.480 e. The minimum atomic E-state index is -1.10. The van der Waals surface area contributed by atoms with Gasteiger partial charge in [-0.1, -0.05) is 0 Å². The standard InChI is InChI=1S/C9H14N4O3/c1-5(10)8(14)13-3-6(12-4-13)2-7(11)9(15)16/h3-5,7H,2,10-11H2,1H3,(H,15,16)/t5-,7-/m0/s1. The molecule has 1 aromatic heterocycles. The number of imidazole rings is 1. The van der Waals surface area contributed by atoms with Crippen molar-refractivity contribution in [1.29, 1.82) is 0 Å². The Balaban J connectivity index is 2.72. The maximum Gasteiger partial charge on any atom is 0.320 e. The van der Waals surface area contributed by atoms with Gasteiger partial charge in [0, 0.05) is 12.6 Å². The summed E-state index contributed by atoms with van der Waals surface area (Å²) in [5.74, 6) is -1.41. The molecule has 0 bridgehead atoms. The van der Waals surface area contributed by atoms with E-state index in [0.29, 0.717) is 5.69 Å². The van der Waals surface area contributed by atoms with Crippen molar-refractivity contribution in [2.75, 3.05) is 0 Å². The summed E-state index contributed by atoms with van der Waals surface area (Å²) in [6.45, 7) is 1.56. The zero-order valence-electron chi connectivity index (χ0n) is 8.83. The first kappa shape index (κ1) is 12.3. The maximum atomic E-state index is 11.4. The average Bonchev–Trinajstić information content (AvgIpc) is 2.64. The van der Waals surface area contributed by atoms with Crippen LogP contribution < -0.4 is 11.5 Å². The SMILES string of the molecule is C[C@H](N)C(=O)n1cnc(C[C@H](N)C(=O)O)c1. The second-order valence-electron chi connectivity index (χ2n) is 3.55. The van der Waals surface area contributed by atoms with Crippen molar-refractivity contribution in [2.45, 2.75) is 25.4 Å². The average molecular weight is 226 g/mol. The Morgan fingerprint density at radius 3 is 2.69 bits per heavy atom. The lowest BCUT2D eigenvalue weighted by molar-refractivity contribution is -0.138. The fraction of sp³-hybridized carbons (Fsp3) is 0.444. The molecule has 0 unspecified atom stereocenters. The smallest absolute Gasteiger partial charge is 0.320 e. The summed E-state index contributed by atoms with van der Waals surface area (Å²) in [5, 5.41) is 8.60. The Bertz CT molecular complexity index is 399. The first-order valence-corrected chi connectivity index (χ1v) is 4.73. The Morgan fingerprint density at radius 1 is 1.56 bits per heavy atom. The highest BCUT2D eigenvalue weighted by atomic mass is 16.4. The number of hydrogen-bond acceptors (Lipinski definition) is 5. The summed E-state index contributed by atoms with van der Waals surface area (Å²) in [6.07, 6.45) is 2.82. The van der Waals surface area contributed by atoms with Gasteiger partial charge in [-0.25, -0.2) is 4.98 Å². The number of rotatable bonds is 4. The van der Waals surface area contributed by atoms with Crippen LogP contribution in [-0.4, -0.2) is 38.6 Å². The lowest BCUT2D eigenvalue weighted by atomic mass is 10.2. The third-order valence-electron chi connectivity index (χ3n) is 2.03. The van der Waals surface area contributed by atoms with E-state index in [1.54, 1.807) is 6.92 Å². The molecule has 7 nitrogen and oxygen atoms in total. The molecule has 1 rings (SSSR count). The zero-order chi connectivity index (χ0) is 12.3. The number of nitrogens with zero attached hydrogens (tertiary/aromatic N) is 2. The van der Waals surface area contributed by atoms with Crippen LogP contribution in [0.25, 0.3) is 0 Å². The Morgan fingerprint density at radius 2 is 2.19 bits per heavy atom. The van der Waals surface area contributed by atoms with Crippen molar-refractivity contribution in [3.05, 3.63) is 18.2 Å². The van der Waals surface area contributed by atoms with Gasteiger partial charge in [-0.15, -0.1) is 0 Å². The van der Waals surface area contributed by atoms with Crippen LogP contribution in [0.1, 0.15) is 17.4 Å². The number of carbonyl (C=O) groups excluding carboxylic acids is 1. The van der Waals surface area contributed by atoms with Crippen molar-refractivity contribution in [3.63, 3.8) is 0 Å². The fourth-order valence-corrected chi connectivity index (χ4v) is 1.14. The molecular weight excluding hydrogens is 212 g/mol. The molecule has 2 atom stereocenters. The van der Waals surface area contributed by atoms with Gasteiger partial charge in [0.15, 0.2) is 0 Å². The number of nitrogens with two attached hydrogens (primary N) is 2. The lowest BCUT2D eigenvalue weighted by Crippen LogP contribution is -2.32. The maximum absolute atomic E-state index is 11.4. The van der Waals surface area contributed by atoms with Gasteiger partial charge in [0.2, 0.25) is 5.91 Å². The van der Waals surface area contributed by atoms with Crippen molar-refractivity contribution in [2.24, 2.45) is 11.5 Å². The number of carboxylic acid groups (broad SMARTS) is 1. The van der Waals surface area contributed by atoms with Crippen LogP contribution in [0.5, 0.6) is 0 Å². The third kappa shape index (κ3) is 2.88. The summed E-state index contributed by atoms with van der Waals surface area (Å²) < 4.78 is 1.23. The Hall–Kier alpha value is -1.73. The first-order chi connectivity index (χ1) is 7.41. The van der Waals surface area contributed by atoms with Crippen LogP contribution in [-0.2, 0) is 11.2 Å². The molecule has 5 N–H and O–H groups in total. The van der Waals surface area contributed by atoms with Gasteiger partial charge in [0.1, 0.15) is 12.4 Å². The molecule has 0 saturated heterocycles. The molecule has 0 fully saturated rings. The molecule has 0 radical (unpaired) electrons. The van der Waals surface area contributed by atoms with Crippen molar-refractivity contribution in [3.8, 4) is 0 Å². The molecule has 0 saturated carbocycles. The van der Waals surface area contributed by atoms with E-state index in [1.807, 2.05) is 0 Å². The van der Waals surface area contributed by atoms with Gasteiger partial charge in [-0.2, -0.15) is 0 Å². The number of aliphatic carboxylic acids is 1. The van der Waals surface area contributed by atoms with E-state index in [9.17, 15) is 9.59 Å². The predicted octanol–water partition coefficient (Wildman–Crippen LogP) is -1.18. The van der Waals surface area contributed by atoms with E-state index in [0.717, 1.165) is 0 Å². The van der Waals surface area contributed by atoms with Gasteiger partial charge in [0.05, 0.1) is 11.7 Å². The molecule has 1 aromatic rings. The summed E-state index contributed by atoms with van der Waals surface area (Å²) in [7, 11) is 0. The molecule has 88 valence electrons. The summed E-state index contributed by atoms with van der Waals surface area (Å²) in [4.78, 5) is 25.8. The molecule has 16 heavy (non-hydrogen) atoms. The second kappa shape index (κ2) is 4.86. The summed E-state index contributed by atoms with van der Waals surface area (Å²) in [5.41, 5.74) is 11.2. The Kier molecular flexibility index (Phi) is 3.75. The second-order valence-corrected chi connectivity index (χ2v) is 3.55. The fourth-order valence-electron chi connectivity index (χ4n) is 1.14. The van der Waals surface area contributed by atoms with Crippen LogP contribution in [0.15, 0.2) is 12.5 Å². The molecular formula is C9H14N4O3. The highest BCUT2D eigenvalue weighted by Gasteiger charge is 2.16. The molecule has 0 aliphatic carbocycles. The molecule has 0 amide bonds. The van der Waals surface area contributed by atoms with Crippen LogP contribution >= 0.6 is 0 Å². The minimum absolute atomic E-state index is 0.0779. The predicted molar refractivity (Wildman–Crippen MR) is 55.8 cm³/mol. The first-order valence-electron chi connectivity index (χ1n) is 4.73. The van der Waals surface area contributed by atoms with Gasteiger partial charge >= 0.3 is 5.97 Å². The molecule has 7 heteroatoms. The molecule has 0 aliphatic rings. The van der Waals surface area contributed by atoms with E-state index in [1.165, 1.54) is 17.1 Å². The van der Waals surface area contributed by atoms with Gasteiger partial charge in [0.25, 0.3) is 0 Å². The topological polar surface area (TPSA) is 124 Å². The zero-order valence-corrected chi connectivity index (χ0v) is 8.83. The quantitative estimate of drug-likeness (QED) is 0.593. The van der Waals surface area contributed by atoms with Crippen molar-refractivity contribution >= 4 is 11.9 Å². The number of aromatic nitrogens is 2. The van der Waals surface area contributed by atoms with Crippen LogP contribution in [0.2, 0.25) is 0 Å². The monoisotopic (exact) mass is 226 g/mol. The number of carbonyl (C=O) groups is 2. The normalized spacial score (nSPS) is 14.4. The van der Waals surface area contributed by atoms with Crippen LogP contribution in [0, 0.1) is 0 Å². The number of hydrogen-bond donors (Lipinski definition) is 3. The van der Waals surface area contributed by atoms with Gasteiger partial charge in [-0.05, 0) is 6.92 Å².